The minimum Gasteiger partial charge on any atom is -0.465 e. The Morgan fingerprint density at radius 1 is 1.33 bits per heavy atom. The lowest BCUT2D eigenvalue weighted by Gasteiger charge is -2.09. The summed E-state index contributed by atoms with van der Waals surface area (Å²) in [6.45, 7) is 0. The average molecular weight is 208 g/mol. The number of hydrogen-bond acceptors (Lipinski definition) is 4. The van der Waals surface area contributed by atoms with E-state index in [1.807, 2.05) is 0 Å². The number of carbonyl (C=O) groups excluding carboxylic acids is 2. The molecule has 1 rings (SSSR count). The molecule has 0 aliphatic rings. The van der Waals surface area contributed by atoms with Gasteiger partial charge in [-0.15, -0.1) is 0 Å². The van der Waals surface area contributed by atoms with Crippen molar-refractivity contribution in [1.29, 1.82) is 0 Å². The molecule has 1 aromatic heterocycles. The van der Waals surface area contributed by atoms with Gasteiger partial charge in [0.1, 0.15) is 5.69 Å². The first-order valence-electron chi connectivity index (χ1n) is 4.32. The predicted octanol–water partition coefficient (Wildman–Crippen LogP) is 0.570. The summed E-state index contributed by atoms with van der Waals surface area (Å²) in [5.41, 5.74) is 0.625. The van der Waals surface area contributed by atoms with Crippen molar-refractivity contribution < 1.29 is 14.3 Å². The smallest absolute Gasteiger partial charge is 0.339 e. The van der Waals surface area contributed by atoms with Gasteiger partial charge >= 0.3 is 5.97 Å². The van der Waals surface area contributed by atoms with Gasteiger partial charge in [0.2, 0.25) is 0 Å². The number of ether oxygens (including phenoxy) is 1. The van der Waals surface area contributed by atoms with E-state index in [9.17, 15) is 9.59 Å². The Kier molecular flexibility index (Phi) is 3.38. The molecule has 1 aromatic rings. The van der Waals surface area contributed by atoms with Crippen molar-refractivity contribution in [3.8, 4) is 0 Å². The Morgan fingerprint density at radius 3 is 2.40 bits per heavy atom. The maximum Gasteiger partial charge on any atom is 0.339 e. The van der Waals surface area contributed by atoms with Gasteiger partial charge in [-0.3, -0.25) is 9.78 Å². The highest BCUT2D eigenvalue weighted by molar-refractivity contribution is 5.93. The fraction of sp³-hybridized carbons (Fsp3) is 0.300. The van der Waals surface area contributed by atoms with Crippen LogP contribution in [0.25, 0.3) is 0 Å². The largest absolute Gasteiger partial charge is 0.465 e. The highest BCUT2D eigenvalue weighted by Crippen LogP contribution is 2.03. The molecule has 0 unspecified atom stereocenters. The molecule has 0 spiro atoms. The monoisotopic (exact) mass is 208 g/mol. The van der Waals surface area contributed by atoms with E-state index in [2.05, 4.69) is 9.72 Å². The summed E-state index contributed by atoms with van der Waals surface area (Å²) < 4.78 is 4.51. The normalized spacial score (nSPS) is 9.53. The van der Waals surface area contributed by atoms with Crippen LogP contribution in [0.1, 0.15) is 20.8 Å². The quantitative estimate of drug-likeness (QED) is 0.667. The second-order valence-electron chi connectivity index (χ2n) is 3.12. The Balaban J connectivity index is 2.90. The lowest BCUT2D eigenvalue weighted by Crippen LogP contribution is -2.22. The topological polar surface area (TPSA) is 59.5 Å². The van der Waals surface area contributed by atoms with Crippen LogP contribution in [0.4, 0.5) is 0 Å². The molecule has 0 radical (unpaired) electrons. The highest BCUT2D eigenvalue weighted by atomic mass is 16.5. The van der Waals surface area contributed by atoms with Crippen molar-refractivity contribution in [1.82, 2.24) is 9.88 Å². The number of nitrogens with zero attached hydrogens (tertiary/aromatic N) is 2. The molecule has 0 aliphatic heterocycles. The number of esters is 1. The van der Waals surface area contributed by atoms with Crippen molar-refractivity contribution in [2.75, 3.05) is 21.2 Å². The van der Waals surface area contributed by atoms with Gasteiger partial charge in [0.25, 0.3) is 5.91 Å². The molecule has 1 amide bonds. The zero-order chi connectivity index (χ0) is 11.4. The first-order chi connectivity index (χ1) is 7.06. The van der Waals surface area contributed by atoms with Crippen molar-refractivity contribution in [2.24, 2.45) is 0 Å². The number of amides is 1. The standard InChI is InChI=1S/C10H12N2O3/c1-12(2)9(13)8-5-4-7(6-11-8)10(14)15-3/h4-6H,1-3H3. The van der Waals surface area contributed by atoms with Crippen LogP contribution in [-0.4, -0.2) is 43.0 Å². The molecule has 80 valence electrons. The van der Waals surface area contributed by atoms with Gasteiger partial charge < -0.3 is 9.64 Å². The molecule has 0 saturated carbocycles. The average Bonchev–Trinajstić information content (AvgIpc) is 2.27. The minimum atomic E-state index is -0.466. The summed E-state index contributed by atoms with van der Waals surface area (Å²) in [6.07, 6.45) is 1.32. The van der Waals surface area contributed by atoms with E-state index in [1.54, 1.807) is 14.1 Å². The van der Waals surface area contributed by atoms with Crippen LogP contribution in [0.3, 0.4) is 0 Å². The Labute approximate surface area is 87.7 Å². The lowest BCUT2D eigenvalue weighted by molar-refractivity contribution is 0.0599. The number of aromatic nitrogens is 1. The number of carbonyl (C=O) groups is 2. The summed E-state index contributed by atoms with van der Waals surface area (Å²) in [7, 11) is 4.57. The van der Waals surface area contributed by atoms with Crippen LogP contribution < -0.4 is 0 Å². The SMILES string of the molecule is COC(=O)c1ccc(C(=O)N(C)C)nc1. The van der Waals surface area contributed by atoms with E-state index in [4.69, 9.17) is 0 Å². The van der Waals surface area contributed by atoms with Crippen LogP contribution in [-0.2, 0) is 4.74 Å². The number of hydrogen-bond donors (Lipinski definition) is 0. The number of pyridine rings is 1. The summed E-state index contributed by atoms with van der Waals surface area (Å²) in [4.78, 5) is 27.8. The second-order valence-corrected chi connectivity index (χ2v) is 3.12. The minimum absolute atomic E-state index is 0.202. The fourth-order valence-corrected chi connectivity index (χ4v) is 0.988. The molecule has 1 heterocycles. The third-order valence-electron chi connectivity index (χ3n) is 1.81. The van der Waals surface area contributed by atoms with Gasteiger partial charge in [-0.2, -0.15) is 0 Å². The summed E-state index contributed by atoms with van der Waals surface area (Å²) in [6, 6.07) is 3.00. The Morgan fingerprint density at radius 2 is 2.00 bits per heavy atom. The first kappa shape index (κ1) is 11.2. The fourth-order valence-electron chi connectivity index (χ4n) is 0.988. The van der Waals surface area contributed by atoms with Crippen molar-refractivity contribution in [3.05, 3.63) is 29.6 Å². The van der Waals surface area contributed by atoms with Crippen molar-refractivity contribution >= 4 is 11.9 Å². The molecule has 0 fully saturated rings. The van der Waals surface area contributed by atoms with E-state index >= 15 is 0 Å². The molecular formula is C10H12N2O3. The molecule has 5 heteroatoms. The summed E-state index contributed by atoms with van der Waals surface area (Å²) in [5.74, 6) is -0.669. The van der Waals surface area contributed by atoms with Crippen LogP contribution >= 0.6 is 0 Å². The van der Waals surface area contributed by atoms with E-state index in [-0.39, 0.29) is 5.91 Å². The van der Waals surface area contributed by atoms with Gasteiger partial charge in [0.05, 0.1) is 12.7 Å². The molecule has 0 saturated heterocycles. The third-order valence-corrected chi connectivity index (χ3v) is 1.81. The van der Waals surface area contributed by atoms with Gasteiger partial charge in [0.15, 0.2) is 0 Å². The molecule has 15 heavy (non-hydrogen) atoms. The number of rotatable bonds is 2. The van der Waals surface area contributed by atoms with Gasteiger partial charge in [0, 0.05) is 20.3 Å². The zero-order valence-corrected chi connectivity index (χ0v) is 8.85. The summed E-state index contributed by atoms with van der Waals surface area (Å²) >= 11 is 0. The molecule has 0 bridgehead atoms. The van der Waals surface area contributed by atoms with Gasteiger partial charge in [-0.1, -0.05) is 0 Å². The van der Waals surface area contributed by atoms with E-state index in [1.165, 1.54) is 30.3 Å². The summed E-state index contributed by atoms with van der Waals surface area (Å²) in [5, 5.41) is 0. The first-order valence-corrected chi connectivity index (χ1v) is 4.32. The van der Waals surface area contributed by atoms with Crippen molar-refractivity contribution in [2.45, 2.75) is 0 Å². The van der Waals surface area contributed by atoms with Crippen molar-refractivity contribution in [3.63, 3.8) is 0 Å². The van der Waals surface area contributed by atoms with E-state index in [0.717, 1.165) is 0 Å². The molecule has 0 atom stereocenters. The van der Waals surface area contributed by atoms with E-state index in [0.29, 0.717) is 11.3 Å². The van der Waals surface area contributed by atoms with Crippen LogP contribution in [0.15, 0.2) is 18.3 Å². The van der Waals surface area contributed by atoms with E-state index < -0.39 is 5.97 Å². The molecule has 0 aliphatic carbocycles. The van der Waals surface area contributed by atoms with Crippen LogP contribution in [0, 0.1) is 0 Å². The number of methoxy groups -OCH3 is 1. The molecule has 5 nitrogen and oxygen atoms in total. The third kappa shape index (κ3) is 2.52. The highest BCUT2D eigenvalue weighted by Gasteiger charge is 2.11. The molecule has 0 N–H and O–H groups in total. The Bertz CT molecular complexity index is 371. The maximum atomic E-state index is 11.4. The predicted molar refractivity (Wildman–Crippen MR) is 53.6 cm³/mol. The molecular weight excluding hydrogens is 196 g/mol. The second kappa shape index (κ2) is 4.54. The molecule has 0 aromatic carbocycles. The lowest BCUT2D eigenvalue weighted by atomic mass is 10.2. The van der Waals surface area contributed by atoms with Crippen LogP contribution in [0.2, 0.25) is 0 Å². The van der Waals surface area contributed by atoms with Gasteiger partial charge in [-0.05, 0) is 12.1 Å². The zero-order valence-electron chi connectivity index (χ0n) is 8.85. The van der Waals surface area contributed by atoms with Crippen LogP contribution in [0.5, 0.6) is 0 Å². The van der Waals surface area contributed by atoms with Gasteiger partial charge in [-0.25, -0.2) is 4.79 Å². The Hall–Kier alpha value is -1.91. The maximum absolute atomic E-state index is 11.4.